The Balaban J connectivity index is 2.08. The first-order valence-corrected chi connectivity index (χ1v) is 6.51. The third kappa shape index (κ3) is 3.86. The van der Waals surface area contributed by atoms with Gasteiger partial charge in [-0.2, -0.15) is 0 Å². The van der Waals surface area contributed by atoms with E-state index in [9.17, 15) is 4.79 Å². The number of methoxy groups -OCH3 is 2. The van der Waals surface area contributed by atoms with E-state index in [4.69, 9.17) is 25.8 Å². The van der Waals surface area contributed by atoms with Crippen LogP contribution in [0.2, 0.25) is 5.15 Å². The molecule has 2 aromatic rings. The number of hydrogen-bond donors (Lipinski definition) is 0. The minimum Gasteiger partial charge on any atom is -0.497 e. The van der Waals surface area contributed by atoms with Gasteiger partial charge in [0.2, 0.25) is 0 Å². The normalized spacial score (nSPS) is 10.0. The van der Waals surface area contributed by atoms with Crippen LogP contribution in [0.15, 0.2) is 36.5 Å². The summed E-state index contributed by atoms with van der Waals surface area (Å²) in [6.45, 7) is 0.0713. The second-order valence-electron chi connectivity index (χ2n) is 4.12. The highest BCUT2D eigenvalue weighted by molar-refractivity contribution is 6.29. The molecular formula is C15H14ClNO4. The fraction of sp³-hybridized carbons (Fsp3) is 0.200. The highest BCUT2D eigenvalue weighted by atomic mass is 35.5. The first kappa shape index (κ1) is 15.1. The molecule has 2 rings (SSSR count). The van der Waals surface area contributed by atoms with E-state index in [1.807, 2.05) is 0 Å². The van der Waals surface area contributed by atoms with Crippen LogP contribution < -0.4 is 9.47 Å². The Kier molecular flexibility index (Phi) is 5.00. The zero-order valence-corrected chi connectivity index (χ0v) is 12.4. The molecule has 1 aromatic carbocycles. The molecule has 1 aromatic heterocycles. The van der Waals surface area contributed by atoms with Crippen molar-refractivity contribution in [3.8, 4) is 11.5 Å². The average molecular weight is 308 g/mol. The van der Waals surface area contributed by atoms with E-state index >= 15 is 0 Å². The summed E-state index contributed by atoms with van der Waals surface area (Å²) in [6.07, 6.45) is 1.37. The molecule has 0 bridgehead atoms. The van der Waals surface area contributed by atoms with E-state index in [1.165, 1.54) is 12.3 Å². The molecule has 0 atom stereocenters. The predicted molar refractivity (Wildman–Crippen MR) is 77.9 cm³/mol. The summed E-state index contributed by atoms with van der Waals surface area (Å²) in [7, 11) is 3.12. The summed E-state index contributed by atoms with van der Waals surface area (Å²) in [6, 6.07) is 8.37. The van der Waals surface area contributed by atoms with Crippen molar-refractivity contribution >= 4 is 17.6 Å². The largest absolute Gasteiger partial charge is 0.497 e. The molecule has 1 heterocycles. The van der Waals surface area contributed by atoms with Gasteiger partial charge >= 0.3 is 5.97 Å². The SMILES string of the molecule is COc1ccc(OC)c(COC(=O)c2ccc(Cl)nc2)c1. The third-order valence-corrected chi connectivity index (χ3v) is 3.03. The lowest BCUT2D eigenvalue weighted by molar-refractivity contribution is 0.0469. The Labute approximate surface area is 127 Å². The van der Waals surface area contributed by atoms with Gasteiger partial charge < -0.3 is 14.2 Å². The Hall–Kier alpha value is -2.27. The minimum atomic E-state index is -0.482. The summed E-state index contributed by atoms with van der Waals surface area (Å²) >= 11 is 5.67. The van der Waals surface area contributed by atoms with Crippen LogP contribution in [-0.4, -0.2) is 25.2 Å². The number of esters is 1. The lowest BCUT2D eigenvalue weighted by atomic mass is 10.2. The second kappa shape index (κ2) is 6.95. The molecule has 0 fully saturated rings. The molecule has 0 aliphatic heterocycles. The molecule has 0 aliphatic rings. The average Bonchev–Trinajstić information content (AvgIpc) is 2.52. The van der Waals surface area contributed by atoms with Crippen molar-refractivity contribution in [3.63, 3.8) is 0 Å². The molecular weight excluding hydrogens is 294 g/mol. The maximum absolute atomic E-state index is 11.9. The van der Waals surface area contributed by atoms with E-state index in [-0.39, 0.29) is 6.61 Å². The van der Waals surface area contributed by atoms with Gasteiger partial charge in [0, 0.05) is 11.8 Å². The number of rotatable bonds is 5. The Morgan fingerprint density at radius 1 is 1.19 bits per heavy atom. The van der Waals surface area contributed by atoms with Gasteiger partial charge in [-0.15, -0.1) is 0 Å². The van der Waals surface area contributed by atoms with Crippen LogP contribution in [0.3, 0.4) is 0 Å². The molecule has 0 saturated heterocycles. The standard InChI is InChI=1S/C15H14ClNO4/c1-19-12-4-5-13(20-2)11(7-12)9-21-15(18)10-3-6-14(16)17-8-10/h3-8H,9H2,1-2H3. The van der Waals surface area contributed by atoms with E-state index in [0.717, 1.165) is 0 Å². The number of nitrogens with zero attached hydrogens (tertiary/aromatic N) is 1. The molecule has 110 valence electrons. The lowest BCUT2D eigenvalue weighted by Gasteiger charge is -2.11. The molecule has 0 radical (unpaired) electrons. The van der Waals surface area contributed by atoms with Crippen molar-refractivity contribution in [1.29, 1.82) is 0 Å². The van der Waals surface area contributed by atoms with Crippen LogP contribution in [0.25, 0.3) is 0 Å². The van der Waals surface area contributed by atoms with Gasteiger partial charge in [0.05, 0.1) is 19.8 Å². The molecule has 0 saturated carbocycles. The molecule has 0 amide bonds. The maximum Gasteiger partial charge on any atom is 0.340 e. The Morgan fingerprint density at radius 2 is 2.00 bits per heavy atom. The zero-order valence-electron chi connectivity index (χ0n) is 11.6. The van der Waals surface area contributed by atoms with Crippen LogP contribution in [0, 0.1) is 0 Å². The summed E-state index contributed by atoms with van der Waals surface area (Å²) in [5.41, 5.74) is 1.05. The number of hydrogen-bond acceptors (Lipinski definition) is 5. The van der Waals surface area contributed by atoms with Crippen LogP contribution in [0.1, 0.15) is 15.9 Å². The molecule has 21 heavy (non-hydrogen) atoms. The number of carbonyl (C=O) groups excluding carboxylic acids is 1. The molecule has 0 unspecified atom stereocenters. The smallest absolute Gasteiger partial charge is 0.340 e. The first-order chi connectivity index (χ1) is 10.1. The van der Waals surface area contributed by atoms with Gasteiger partial charge in [0.25, 0.3) is 0 Å². The fourth-order valence-electron chi connectivity index (χ4n) is 1.72. The van der Waals surface area contributed by atoms with Gasteiger partial charge in [-0.1, -0.05) is 11.6 Å². The summed E-state index contributed by atoms with van der Waals surface area (Å²) in [5, 5.41) is 0.320. The quantitative estimate of drug-likeness (QED) is 0.627. The highest BCUT2D eigenvalue weighted by Gasteiger charge is 2.11. The Bertz CT molecular complexity index is 628. The van der Waals surface area contributed by atoms with Gasteiger partial charge in [0.1, 0.15) is 23.3 Å². The summed E-state index contributed by atoms with van der Waals surface area (Å²) in [4.78, 5) is 15.7. The number of pyridine rings is 1. The minimum absolute atomic E-state index is 0.0713. The zero-order chi connectivity index (χ0) is 15.2. The number of halogens is 1. The van der Waals surface area contributed by atoms with Gasteiger partial charge in [-0.25, -0.2) is 9.78 Å². The van der Waals surface area contributed by atoms with Crippen molar-refractivity contribution in [3.05, 3.63) is 52.8 Å². The van der Waals surface area contributed by atoms with E-state index in [0.29, 0.717) is 27.8 Å². The van der Waals surface area contributed by atoms with Crippen molar-refractivity contribution in [2.75, 3.05) is 14.2 Å². The lowest BCUT2D eigenvalue weighted by Crippen LogP contribution is -2.06. The second-order valence-corrected chi connectivity index (χ2v) is 4.51. The van der Waals surface area contributed by atoms with Gasteiger partial charge in [-0.3, -0.25) is 0 Å². The number of benzene rings is 1. The van der Waals surface area contributed by atoms with Crippen LogP contribution in [0.4, 0.5) is 0 Å². The number of ether oxygens (including phenoxy) is 3. The summed E-state index contributed by atoms with van der Waals surface area (Å²) < 4.78 is 15.6. The van der Waals surface area contributed by atoms with Crippen LogP contribution >= 0.6 is 11.6 Å². The topological polar surface area (TPSA) is 57.7 Å². The summed E-state index contributed by atoms with van der Waals surface area (Å²) in [5.74, 6) is 0.803. The van der Waals surface area contributed by atoms with Crippen molar-refractivity contribution in [2.24, 2.45) is 0 Å². The first-order valence-electron chi connectivity index (χ1n) is 6.13. The maximum atomic E-state index is 11.9. The van der Waals surface area contributed by atoms with E-state index in [2.05, 4.69) is 4.98 Å². The molecule has 0 spiro atoms. The third-order valence-electron chi connectivity index (χ3n) is 2.81. The Morgan fingerprint density at radius 3 is 2.62 bits per heavy atom. The van der Waals surface area contributed by atoms with Crippen molar-refractivity contribution in [1.82, 2.24) is 4.98 Å². The highest BCUT2D eigenvalue weighted by Crippen LogP contribution is 2.24. The van der Waals surface area contributed by atoms with Crippen molar-refractivity contribution < 1.29 is 19.0 Å². The molecule has 0 N–H and O–H groups in total. The van der Waals surface area contributed by atoms with Gasteiger partial charge in [0.15, 0.2) is 0 Å². The fourth-order valence-corrected chi connectivity index (χ4v) is 1.83. The monoisotopic (exact) mass is 307 g/mol. The molecule has 0 aliphatic carbocycles. The van der Waals surface area contributed by atoms with Gasteiger partial charge in [-0.05, 0) is 30.3 Å². The van der Waals surface area contributed by atoms with Crippen molar-refractivity contribution in [2.45, 2.75) is 6.61 Å². The van der Waals surface area contributed by atoms with E-state index < -0.39 is 5.97 Å². The van der Waals surface area contributed by atoms with Crippen LogP contribution in [-0.2, 0) is 11.3 Å². The van der Waals surface area contributed by atoms with Crippen LogP contribution in [0.5, 0.6) is 11.5 Å². The molecule has 6 heteroatoms. The number of aromatic nitrogens is 1. The number of carbonyl (C=O) groups is 1. The predicted octanol–water partition coefficient (Wildman–Crippen LogP) is 3.11. The molecule has 5 nitrogen and oxygen atoms in total. The van der Waals surface area contributed by atoms with E-state index in [1.54, 1.807) is 38.5 Å².